The second-order valence-corrected chi connectivity index (χ2v) is 12.5. The molecule has 2 fully saturated rings. The SMILES string of the molecule is COCc1nc2[nH]c(C(=O)NC3CCS4(CCCCC4)CC3)cc2s1. The number of aromatic nitrogens is 2. The van der Waals surface area contributed by atoms with Crippen molar-refractivity contribution in [3.05, 3.63) is 16.8 Å². The molecule has 2 aromatic rings. The molecule has 7 heteroatoms. The first-order chi connectivity index (χ1) is 12.2. The number of nitrogens with zero attached hydrogens (tertiary/aromatic N) is 1. The molecule has 1 amide bonds. The van der Waals surface area contributed by atoms with Crippen LogP contribution in [-0.4, -0.2) is 52.0 Å². The summed E-state index contributed by atoms with van der Waals surface area (Å²) in [4.78, 5) is 20.2. The van der Waals surface area contributed by atoms with Gasteiger partial charge in [-0.25, -0.2) is 15.0 Å². The normalized spacial score (nSPS) is 22.3. The molecular formula is C18H27N3O2S2. The molecular weight excluding hydrogens is 354 g/mol. The van der Waals surface area contributed by atoms with Gasteiger partial charge in [0.25, 0.3) is 5.91 Å². The first kappa shape index (κ1) is 17.4. The summed E-state index contributed by atoms with van der Waals surface area (Å²) in [6, 6.07) is 2.25. The Morgan fingerprint density at radius 1 is 1.32 bits per heavy atom. The van der Waals surface area contributed by atoms with Crippen LogP contribution in [0.3, 0.4) is 0 Å². The first-order valence-corrected chi connectivity index (χ1v) is 12.3. The smallest absolute Gasteiger partial charge is 0.268 e. The fourth-order valence-corrected chi connectivity index (χ4v) is 9.47. The zero-order chi connectivity index (χ0) is 17.3. The van der Waals surface area contributed by atoms with Crippen molar-refractivity contribution in [2.45, 2.75) is 44.8 Å². The molecule has 5 nitrogen and oxygen atoms in total. The molecule has 0 aromatic carbocycles. The minimum absolute atomic E-state index is 0.0121. The number of rotatable bonds is 4. The van der Waals surface area contributed by atoms with Gasteiger partial charge in [-0.05, 0) is 54.8 Å². The van der Waals surface area contributed by atoms with E-state index >= 15 is 0 Å². The number of carbonyl (C=O) groups excluding carboxylic acids is 1. The molecule has 0 aliphatic carbocycles. The van der Waals surface area contributed by atoms with Crippen LogP contribution in [0.4, 0.5) is 0 Å². The molecule has 4 heterocycles. The molecule has 25 heavy (non-hydrogen) atoms. The largest absolute Gasteiger partial charge is 0.378 e. The summed E-state index contributed by atoms with van der Waals surface area (Å²) >= 11 is 1.58. The minimum Gasteiger partial charge on any atom is -0.378 e. The average Bonchev–Trinajstić information content (AvgIpc) is 3.17. The number of hydrogen-bond acceptors (Lipinski definition) is 4. The predicted octanol–water partition coefficient (Wildman–Crippen LogP) is 3.65. The zero-order valence-corrected chi connectivity index (χ0v) is 16.4. The average molecular weight is 382 g/mol. The number of hydrogen-bond donors (Lipinski definition) is 2. The van der Waals surface area contributed by atoms with Crippen LogP contribution in [0.25, 0.3) is 10.3 Å². The van der Waals surface area contributed by atoms with Crippen molar-refractivity contribution in [1.82, 2.24) is 15.3 Å². The fourth-order valence-electron chi connectivity index (χ4n) is 4.11. The van der Waals surface area contributed by atoms with E-state index in [-0.39, 0.29) is 15.9 Å². The highest BCUT2D eigenvalue weighted by molar-refractivity contribution is 8.33. The van der Waals surface area contributed by atoms with Crippen LogP contribution in [0, 0.1) is 0 Å². The second-order valence-electron chi connectivity index (χ2n) is 7.29. The number of aromatic amines is 1. The van der Waals surface area contributed by atoms with Crippen LogP contribution in [0.2, 0.25) is 0 Å². The van der Waals surface area contributed by atoms with Crippen LogP contribution < -0.4 is 5.32 Å². The second kappa shape index (κ2) is 7.29. The van der Waals surface area contributed by atoms with Crippen LogP contribution >= 0.6 is 21.4 Å². The molecule has 2 aliphatic heterocycles. The van der Waals surface area contributed by atoms with E-state index in [0.29, 0.717) is 18.3 Å². The lowest BCUT2D eigenvalue weighted by Crippen LogP contribution is -2.41. The maximum absolute atomic E-state index is 12.6. The van der Waals surface area contributed by atoms with Crippen molar-refractivity contribution < 1.29 is 9.53 Å². The van der Waals surface area contributed by atoms with Crippen LogP contribution in [0.5, 0.6) is 0 Å². The molecule has 0 bridgehead atoms. The topological polar surface area (TPSA) is 67.0 Å². The molecule has 2 N–H and O–H groups in total. The van der Waals surface area contributed by atoms with Gasteiger partial charge >= 0.3 is 0 Å². The molecule has 2 aliphatic rings. The Morgan fingerprint density at radius 3 is 2.76 bits per heavy atom. The van der Waals surface area contributed by atoms with Gasteiger partial charge in [-0.3, -0.25) is 4.79 Å². The molecule has 2 saturated heterocycles. The molecule has 0 radical (unpaired) electrons. The summed E-state index contributed by atoms with van der Waals surface area (Å²) in [5.41, 5.74) is 1.42. The Labute approximate surface area is 154 Å². The minimum atomic E-state index is -0.333. The molecule has 0 atom stereocenters. The number of thiazole rings is 1. The molecule has 0 unspecified atom stereocenters. The number of H-pyrrole nitrogens is 1. The highest BCUT2D eigenvalue weighted by atomic mass is 32.3. The highest BCUT2D eigenvalue weighted by Gasteiger charge is 2.32. The Hall–Kier alpha value is -1.05. The summed E-state index contributed by atoms with van der Waals surface area (Å²) in [6.07, 6.45) is 6.62. The maximum Gasteiger partial charge on any atom is 0.268 e. The van der Waals surface area contributed by atoms with Gasteiger partial charge in [0.05, 0.1) is 11.3 Å². The van der Waals surface area contributed by atoms with Crippen molar-refractivity contribution in [1.29, 1.82) is 0 Å². The van der Waals surface area contributed by atoms with E-state index in [0.717, 1.165) is 28.2 Å². The van der Waals surface area contributed by atoms with Crippen molar-refractivity contribution in [2.24, 2.45) is 0 Å². The van der Waals surface area contributed by atoms with Crippen molar-refractivity contribution in [3.8, 4) is 0 Å². The monoisotopic (exact) mass is 381 g/mol. The number of methoxy groups -OCH3 is 1. The van der Waals surface area contributed by atoms with Crippen molar-refractivity contribution >= 4 is 37.6 Å². The van der Waals surface area contributed by atoms with Crippen molar-refractivity contribution in [3.63, 3.8) is 0 Å². The number of fused-ring (bicyclic) bond motifs is 1. The number of nitrogens with one attached hydrogen (secondary N) is 2. The van der Waals surface area contributed by atoms with Gasteiger partial charge < -0.3 is 15.0 Å². The highest BCUT2D eigenvalue weighted by Crippen LogP contribution is 2.55. The Kier molecular flexibility index (Phi) is 5.06. The third-order valence-electron chi connectivity index (χ3n) is 5.53. The fraction of sp³-hybridized carbons (Fsp3) is 0.667. The third kappa shape index (κ3) is 3.73. The Balaban J connectivity index is 1.35. The van der Waals surface area contributed by atoms with Crippen LogP contribution in [0.1, 0.15) is 47.6 Å². The quantitative estimate of drug-likeness (QED) is 0.849. The standard InChI is InChI=1S/C18H27N3O2S2/c1-23-12-16-21-17-15(24-16)11-14(20-17)18(22)19-13-5-9-25(10-6-13)7-3-2-4-8-25/h11,13,20H,2-10,12H2,1H3,(H,19,22). The third-order valence-corrected chi connectivity index (χ3v) is 11.0. The van der Waals surface area contributed by atoms with E-state index in [1.54, 1.807) is 18.4 Å². The van der Waals surface area contributed by atoms with Gasteiger partial charge in [0.2, 0.25) is 0 Å². The van der Waals surface area contributed by atoms with Gasteiger partial charge in [0, 0.05) is 13.2 Å². The van der Waals surface area contributed by atoms with E-state index < -0.39 is 0 Å². The zero-order valence-electron chi connectivity index (χ0n) is 14.8. The summed E-state index contributed by atoms with van der Waals surface area (Å²) in [5.74, 6) is 5.70. The van der Waals surface area contributed by atoms with Crippen molar-refractivity contribution in [2.75, 3.05) is 30.1 Å². The lowest BCUT2D eigenvalue weighted by molar-refractivity contribution is 0.0930. The van der Waals surface area contributed by atoms with Crippen LogP contribution in [-0.2, 0) is 11.3 Å². The van der Waals surface area contributed by atoms with E-state index in [4.69, 9.17) is 4.74 Å². The number of ether oxygens (including phenoxy) is 1. The van der Waals surface area contributed by atoms with Gasteiger partial charge in [0.1, 0.15) is 16.3 Å². The van der Waals surface area contributed by atoms with E-state index in [1.807, 2.05) is 6.07 Å². The van der Waals surface area contributed by atoms with E-state index in [2.05, 4.69) is 15.3 Å². The maximum atomic E-state index is 12.6. The van der Waals surface area contributed by atoms with Gasteiger partial charge in [-0.1, -0.05) is 6.42 Å². The number of amides is 1. The number of carbonyl (C=O) groups is 1. The molecule has 0 saturated carbocycles. The first-order valence-electron chi connectivity index (χ1n) is 9.20. The Morgan fingerprint density at radius 2 is 2.08 bits per heavy atom. The summed E-state index contributed by atoms with van der Waals surface area (Å²) in [6.45, 7) is 0.515. The van der Waals surface area contributed by atoms with Gasteiger partial charge in [0.15, 0.2) is 0 Å². The van der Waals surface area contributed by atoms with Gasteiger partial charge in [-0.15, -0.1) is 11.3 Å². The Bertz CT molecular complexity index is 707. The molecule has 138 valence electrons. The molecule has 2 aromatic heterocycles. The summed E-state index contributed by atoms with van der Waals surface area (Å²) < 4.78 is 6.13. The van der Waals surface area contributed by atoms with E-state index in [1.165, 1.54) is 42.3 Å². The van der Waals surface area contributed by atoms with E-state index in [9.17, 15) is 4.79 Å². The van der Waals surface area contributed by atoms with Crippen LogP contribution in [0.15, 0.2) is 6.07 Å². The van der Waals surface area contributed by atoms with Gasteiger partial charge in [-0.2, -0.15) is 0 Å². The lowest BCUT2D eigenvalue weighted by atomic mass is 10.1. The summed E-state index contributed by atoms with van der Waals surface area (Å²) in [5, 5.41) is 4.18. The summed E-state index contributed by atoms with van der Waals surface area (Å²) in [7, 11) is 1.33. The lowest BCUT2D eigenvalue weighted by Gasteiger charge is -2.48. The molecule has 4 rings (SSSR count). The molecule has 1 spiro atoms. The predicted molar refractivity (Wildman–Crippen MR) is 106 cm³/mol.